The standard InChI is InChI=1S/C12H25N3/c1-2-14-7-3-4-12(10-14)15-8-5-11(13)6-9-15/h11-12H,2-10,13H2,1H3. The van der Waals surface area contributed by atoms with E-state index in [-0.39, 0.29) is 0 Å². The number of rotatable bonds is 2. The minimum atomic E-state index is 0.465. The van der Waals surface area contributed by atoms with Crippen molar-refractivity contribution in [1.82, 2.24) is 9.80 Å². The Morgan fingerprint density at radius 3 is 2.53 bits per heavy atom. The van der Waals surface area contributed by atoms with Gasteiger partial charge in [0, 0.05) is 18.6 Å². The molecule has 2 saturated heterocycles. The van der Waals surface area contributed by atoms with Gasteiger partial charge in [0.25, 0.3) is 0 Å². The molecular weight excluding hydrogens is 186 g/mol. The fraction of sp³-hybridized carbons (Fsp3) is 1.00. The molecule has 0 radical (unpaired) electrons. The summed E-state index contributed by atoms with van der Waals surface area (Å²) in [6.45, 7) is 8.53. The van der Waals surface area contributed by atoms with Crippen LogP contribution in [0.4, 0.5) is 0 Å². The molecule has 2 heterocycles. The van der Waals surface area contributed by atoms with Gasteiger partial charge in [-0.3, -0.25) is 4.90 Å². The zero-order chi connectivity index (χ0) is 10.7. The molecule has 0 aliphatic carbocycles. The Morgan fingerprint density at radius 2 is 1.87 bits per heavy atom. The summed E-state index contributed by atoms with van der Waals surface area (Å²) >= 11 is 0. The molecule has 0 aromatic rings. The van der Waals surface area contributed by atoms with Crippen molar-refractivity contribution < 1.29 is 0 Å². The van der Waals surface area contributed by atoms with Gasteiger partial charge in [0.05, 0.1) is 0 Å². The molecule has 0 saturated carbocycles. The van der Waals surface area contributed by atoms with E-state index < -0.39 is 0 Å². The van der Waals surface area contributed by atoms with Crippen molar-refractivity contribution in [2.45, 2.75) is 44.7 Å². The molecule has 1 atom stereocenters. The number of nitrogens with zero attached hydrogens (tertiary/aromatic N) is 2. The number of nitrogens with two attached hydrogens (primary N) is 1. The van der Waals surface area contributed by atoms with Gasteiger partial charge >= 0.3 is 0 Å². The highest BCUT2D eigenvalue weighted by atomic mass is 15.2. The third-order valence-corrected chi connectivity index (χ3v) is 4.02. The van der Waals surface area contributed by atoms with E-state index in [0.717, 1.165) is 6.04 Å². The molecule has 0 amide bonds. The second-order valence-corrected chi connectivity index (χ2v) is 5.06. The first kappa shape index (κ1) is 11.4. The van der Waals surface area contributed by atoms with Gasteiger partial charge in [-0.2, -0.15) is 0 Å². The van der Waals surface area contributed by atoms with Crippen LogP contribution in [0.25, 0.3) is 0 Å². The normalized spacial score (nSPS) is 32.0. The Labute approximate surface area is 93.6 Å². The van der Waals surface area contributed by atoms with Gasteiger partial charge < -0.3 is 10.6 Å². The maximum absolute atomic E-state index is 5.94. The largest absolute Gasteiger partial charge is 0.328 e. The van der Waals surface area contributed by atoms with E-state index >= 15 is 0 Å². The molecule has 0 aromatic heterocycles. The van der Waals surface area contributed by atoms with Gasteiger partial charge in [0.1, 0.15) is 0 Å². The van der Waals surface area contributed by atoms with Gasteiger partial charge in [0.15, 0.2) is 0 Å². The zero-order valence-corrected chi connectivity index (χ0v) is 9.99. The first-order chi connectivity index (χ1) is 7.29. The Balaban J connectivity index is 1.82. The van der Waals surface area contributed by atoms with E-state index in [0.29, 0.717) is 6.04 Å². The fourth-order valence-corrected chi connectivity index (χ4v) is 2.90. The van der Waals surface area contributed by atoms with Crippen molar-refractivity contribution in [3.05, 3.63) is 0 Å². The Morgan fingerprint density at radius 1 is 1.13 bits per heavy atom. The van der Waals surface area contributed by atoms with Crippen molar-refractivity contribution >= 4 is 0 Å². The van der Waals surface area contributed by atoms with Gasteiger partial charge in [0.2, 0.25) is 0 Å². The zero-order valence-electron chi connectivity index (χ0n) is 9.99. The van der Waals surface area contributed by atoms with E-state index in [9.17, 15) is 0 Å². The van der Waals surface area contributed by atoms with Crippen LogP contribution in [0.15, 0.2) is 0 Å². The highest BCUT2D eigenvalue weighted by molar-refractivity contribution is 4.84. The summed E-state index contributed by atoms with van der Waals surface area (Å²) in [5, 5.41) is 0. The second kappa shape index (κ2) is 5.28. The van der Waals surface area contributed by atoms with E-state index in [1.807, 2.05) is 0 Å². The first-order valence-corrected chi connectivity index (χ1v) is 6.51. The van der Waals surface area contributed by atoms with Crippen molar-refractivity contribution in [2.75, 3.05) is 32.7 Å². The average Bonchev–Trinajstić information content (AvgIpc) is 2.30. The summed E-state index contributed by atoms with van der Waals surface area (Å²) in [5.41, 5.74) is 5.94. The minimum absolute atomic E-state index is 0.465. The summed E-state index contributed by atoms with van der Waals surface area (Å²) in [6.07, 6.45) is 5.16. The number of hydrogen-bond donors (Lipinski definition) is 1. The molecule has 3 nitrogen and oxygen atoms in total. The summed E-state index contributed by atoms with van der Waals surface area (Å²) in [4.78, 5) is 5.26. The van der Waals surface area contributed by atoms with Crippen LogP contribution in [0.5, 0.6) is 0 Å². The van der Waals surface area contributed by atoms with Crippen molar-refractivity contribution in [3.8, 4) is 0 Å². The van der Waals surface area contributed by atoms with Crippen molar-refractivity contribution in [3.63, 3.8) is 0 Å². The SMILES string of the molecule is CCN1CCCC(N2CCC(N)CC2)C1. The van der Waals surface area contributed by atoms with Crippen LogP contribution in [-0.4, -0.2) is 54.6 Å². The summed E-state index contributed by atoms with van der Waals surface area (Å²) in [7, 11) is 0. The van der Waals surface area contributed by atoms with E-state index in [1.54, 1.807) is 0 Å². The average molecular weight is 211 g/mol. The quantitative estimate of drug-likeness (QED) is 0.736. The summed E-state index contributed by atoms with van der Waals surface area (Å²) in [5.74, 6) is 0. The van der Waals surface area contributed by atoms with E-state index in [1.165, 1.54) is 58.4 Å². The predicted octanol–water partition coefficient (Wildman–Crippen LogP) is 0.894. The topological polar surface area (TPSA) is 32.5 Å². The third kappa shape index (κ3) is 2.92. The molecule has 0 bridgehead atoms. The lowest BCUT2D eigenvalue weighted by Gasteiger charge is -2.41. The van der Waals surface area contributed by atoms with Crippen LogP contribution in [0.2, 0.25) is 0 Å². The fourth-order valence-electron chi connectivity index (χ4n) is 2.90. The summed E-state index contributed by atoms with van der Waals surface area (Å²) in [6, 6.07) is 1.28. The lowest BCUT2D eigenvalue weighted by molar-refractivity contribution is 0.0809. The highest BCUT2D eigenvalue weighted by Gasteiger charge is 2.26. The molecule has 2 aliphatic heterocycles. The lowest BCUT2D eigenvalue weighted by Crippen LogP contribution is -2.51. The molecule has 0 spiro atoms. The Kier molecular flexibility index (Phi) is 4.00. The van der Waals surface area contributed by atoms with Crippen LogP contribution in [-0.2, 0) is 0 Å². The Hall–Kier alpha value is -0.120. The van der Waals surface area contributed by atoms with Crippen LogP contribution < -0.4 is 5.73 Å². The first-order valence-electron chi connectivity index (χ1n) is 6.51. The number of hydrogen-bond acceptors (Lipinski definition) is 3. The second-order valence-electron chi connectivity index (χ2n) is 5.06. The van der Waals surface area contributed by atoms with Crippen molar-refractivity contribution in [2.24, 2.45) is 5.73 Å². The van der Waals surface area contributed by atoms with Gasteiger partial charge in [-0.05, 0) is 51.9 Å². The maximum atomic E-state index is 5.94. The van der Waals surface area contributed by atoms with Crippen molar-refractivity contribution in [1.29, 1.82) is 0 Å². The molecule has 0 aromatic carbocycles. The minimum Gasteiger partial charge on any atom is -0.328 e. The monoisotopic (exact) mass is 211 g/mol. The lowest BCUT2D eigenvalue weighted by atomic mass is 9.99. The Bertz CT molecular complexity index is 187. The highest BCUT2D eigenvalue weighted by Crippen LogP contribution is 2.19. The number of likely N-dealkylation sites (N-methyl/N-ethyl adjacent to an activating group) is 1. The third-order valence-electron chi connectivity index (χ3n) is 4.02. The predicted molar refractivity (Wildman–Crippen MR) is 63.9 cm³/mol. The molecule has 2 N–H and O–H groups in total. The van der Waals surface area contributed by atoms with Gasteiger partial charge in [-0.15, -0.1) is 0 Å². The number of likely N-dealkylation sites (tertiary alicyclic amines) is 2. The smallest absolute Gasteiger partial charge is 0.0223 e. The molecule has 3 heteroatoms. The molecule has 88 valence electrons. The number of piperidine rings is 2. The molecule has 2 rings (SSSR count). The van der Waals surface area contributed by atoms with Crippen LogP contribution in [0, 0.1) is 0 Å². The summed E-state index contributed by atoms with van der Waals surface area (Å²) < 4.78 is 0. The molecule has 1 unspecified atom stereocenters. The molecular formula is C12H25N3. The van der Waals surface area contributed by atoms with Crippen LogP contribution in [0.3, 0.4) is 0 Å². The maximum Gasteiger partial charge on any atom is 0.0223 e. The molecule has 15 heavy (non-hydrogen) atoms. The van der Waals surface area contributed by atoms with Gasteiger partial charge in [-0.25, -0.2) is 0 Å². The molecule has 2 fully saturated rings. The van der Waals surface area contributed by atoms with Crippen LogP contribution in [0.1, 0.15) is 32.6 Å². The van der Waals surface area contributed by atoms with E-state index in [4.69, 9.17) is 5.73 Å². The molecule has 2 aliphatic rings. The van der Waals surface area contributed by atoms with E-state index in [2.05, 4.69) is 16.7 Å². The van der Waals surface area contributed by atoms with Crippen LogP contribution >= 0.6 is 0 Å². The van der Waals surface area contributed by atoms with Gasteiger partial charge in [-0.1, -0.05) is 6.92 Å².